The number of rotatable bonds is 6. The molecule has 2 aliphatic heterocycles. The lowest BCUT2D eigenvalue weighted by atomic mass is 9.73. The van der Waals surface area contributed by atoms with Crippen LogP contribution in [0.15, 0.2) is 34.5 Å². The Hall–Kier alpha value is -2.36. The molecule has 2 heterocycles. The highest BCUT2D eigenvalue weighted by Crippen LogP contribution is 2.38. The van der Waals surface area contributed by atoms with Crippen LogP contribution in [-0.2, 0) is 19.0 Å². The van der Waals surface area contributed by atoms with Crippen molar-refractivity contribution in [2.75, 3.05) is 14.1 Å². The van der Waals surface area contributed by atoms with Crippen molar-refractivity contribution in [2.24, 2.45) is 33.9 Å². The van der Waals surface area contributed by atoms with Crippen LogP contribution < -0.4 is 0 Å². The highest BCUT2D eigenvalue weighted by atomic mass is 19.1. The van der Waals surface area contributed by atoms with Gasteiger partial charge in [0.2, 0.25) is 0 Å². The molecule has 14 unspecified atom stereocenters. The minimum absolute atomic E-state index is 0.0244. The Morgan fingerprint density at radius 3 is 2.18 bits per heavy atom. The molecule has 13 heteroatoms. The van der Waals surface area contributed by atoms with Crippen LogP contribution in [0.1, 0.15) is 87.1 Å². The Kier molecular flexibility index (Phi) is 14.3. The molecule has 0 aliphatic carbocycles. The lowest BCUT2D eigenvalue weighted by Crippen LogP contribution is -2.60. The second-order valence-electron chi connectivity index (χ2n) is 15.2. The van der Waals surface area contributed by atoms with E-state index in [4.69, 9.17) is 14.2 Å². The zero-order valence-corrected chi connectivity index (χ0v) is 31.4. The molecule has 14 atom stereocenters. The molecule has 1 aromatic carbocycles. The summed E-state index contributed by atoms with van der Waals surface area (Å²) in [7, 11) is 3.69. The summed E-state index contributed by atoms with van der Waals surface area (Å²) in [6.45, 7) is 14.8. The predicted molar refractivity (Wildman–Crippen MR) is 188 cm³/mol. The van der Waals surface area contributed by atoms with E-state index in [0.29, 0.717) is 23.4 Å². The molecule has 3 rings (SSSR count). The molecule has 284 valence electrons. The Bertz CT molecular complexity index is 1340. The molecule has 0 saturated carbocycles. The third-order valence-electron chi connectivity index (χ3n) is 10.7. The average molecular weight is 710 g/mol. The van der Waals surface area contributed by atoms with E-state index in [2.05, 4.69) is 10.2 Å². The molecule has 5 N–H and O–H groups in total. The lowest BCUT2D eigenvalue weighted by Gasteiger charge is -2.47. The molecule has 2 aliphatic rings. The van der Waals surface area contributed by atoms with Gasteiger partial charge in [0.05, 0.1) is 41.6 Å². The summed E-state index contributed by atoms with van der Waals surface area (Å²) in [4.78, 5) is 15.4. The van der Waals surface area contributed by atoms with Gasteiger partial charge in [0, 0.05) is 23.6 Å². The van der Waals surface area contributed by atoms with E-state index in [0.717, 1.165) is 0 Å². The zero-order chi connectivity index (χ0) is 37.9. The number of nitrogens with zero attached hydrogens (tertiary/aromatic N) is 3. The number of hydrogen-bond acceptors (Lipinski definition) is 12. The molecule has 0 spiro atoms. The Morgan fingerprint density at radius 1 is 1.02 bits per heavy atom. The number of halogens is 1. The second-order valence-corrected chi connectivity index (χ2v) is 15.2. The fourth-order valence-corrected chi connectivity index (χ4v) is 7.49. The molecular weight excluding hydrogens is 649 g/mol. The minimum Gasteiger partial charge on any atom is -0.459 e. The first-order valence-electron chi connectivity index (χ1n) is 17.7. The van der Waals surface area contributed by atoms with E-state index < -0.39 is 83.5 Å². The highest BCUT2D eigenvalue weighted by molar-refractivity contribution is 5.99. The summed E-state index contributed by atoms with van der Waals surface area (Å²) >= 11 is 0. The van der Waals surface area contributed by atoms with Gasteiger partial charge in [-0.15, -0.1) is 0 Å². The molecule has 2 saturated heterocycles. The fourth-order valence-electron chi connectivity index (χ4n) is 7.49. The molecule has 1 aromatic rings. The van der Waals surface area contributed by atoms with Gasteiger partial charge in [-0.3, -0.25) is 4.79 Å². The van der Waals surface area contributed by atoms with Gasteiger partial charge in [-0.25, -0.2) is 4.39 Å². The van der Waals surface area contributed by atoms with Crippen molar-refractivity contribution in [2.45, 2.75) is 142 Å². The van der Waals surface area contributed by atoms with Crippen molar-refractivity contribution >= 4 is 17.4 Å². The normalized spacial score (nSPS) is 42.3. The summed E-state index contributed by atoms with van der Waals surface area (Å²) in [6.07, 6.45) is -7.06. The highest BCUT2D eigenvalue weighted by Gasteiger charge is 2.51. The number of carbonyl (C=O) groups is 1. The van der Waals surface area contributed by atoms with E-state index >= 15 is 0 Å². The van der Waals surface area contributed by atoms with Crippen LogP contribution in [0.25, 0.3) is 0 Å². The largest absolute Gasteiger partial charge is 0.459 e. The fraction of sp³-hybridized carbons (Fsp3) is 0.757. The SMILES string of the molecule is CCC1OC(=O)C(C)C(O)C(C)C(OC2OC(C)CC(N(C)C)C2O)C(C)(O)CC(C)C(=NN=C(C)c2ccc(F)cc2)C(C)C(O)C1(C)O. The van der Waals surface area contributed by atoms with Crippen molar-refractivity contribution in [3.63, 3.8) is 0 Å². The summed E-state index contributed by atoms with van der Waals surface area (Å²) < 4.78 is 31.9. The molecular formula is C37H60FN3O9. The number of carbonyl (C=O) groups excluding carboxylic acids is 1. The van der Waals surface area contributed by atoms with E-state index in [9.17, 15) is 34.7 Å². The predicted octanol–water partition coefficient (Wildman–Crippen LogP) is 3.30. The van der Waals surface area contributed by atoms with Crippen LogP contribution >= 0.6 is 0 Å². The van der Waals surface area contributed by atoms with Crippen LogP contribution in [0, 0.1) is 29.5 Å². The molecule has 2 fully saturated rings. The number of likely N-dealkylation sites (N-methyl/N-ethyl adjacent to an activating group) is 1. The van der Waals surface area contributed by atoms with Crippen LogP contribution in [0.3, 0.4) is 0 Å². The van der Waals surface area contributed by atoms with Crippen LogP contribution in [0.5, 0.6) is 0 Å². The summed E-state index contributed by atoms with van der Waals surface area (Å²) in [5.74, 6) is -4.66. The van der Waals surface area contributed by atoms with Gasteiger partial charge in [0.25, 0.3) is 0 Å². The van der Waals surface area contributed by atoms with Crippen molar-refractivity contribution < 1.29 is 48.9 Å². The summed E-state index contributed by atoms with van der Waals surface area (Å²) in [5, 5.41) is 67.6. The third-order valence-corrected chi connectivity index (χ3v) is 10.7. The Morgan fingerprint density at radius 2 is 1.62 bits per heavy atom. The quantitative estimate of drug-likeness (QED) is 0.168. The third kappa shape index (κ3) is 9.54. The first kappa shape index (κ1) is 42.1. The van der Waals surface area contributed by atoms with Crippen LogP contribution in [0.2, 0.25) is 0 Å². The monoisotopic (exact) mass is 709 g/mol. The van der Waals surface area contributed by atoms with E-state index in [1.165, 1.54) is 26.0 Å². The van der Waals surface area contributed by atoms with E-state index in [1.54, 1.807) is 53.7 Å². The van der Waals surface area contributed by atoms with Crippen molar-refractivity contribution in [1.82, 2.24) is 4.90 Å². The van der Waals surface area contributed by atoms with Gasteiger partial charge >= 0.3 is 5.97 Å². The second kappa shape index (κ2) is 17.0. The van der Waals surface area contributed by atoms with E-state index in [1.807, 2.05) is 25.9 Å². The molecule has 0 radical (unpaired) electrons. The Balaban J connectivity index is 2.17. The number of aliphatic hydroxyl groups is 5. The maximum Gasteiger partial charge on any atom is 0.311 e. The maximum absolute atomic E-state index is 13.6. The Labute approximate surface area is 296 Å². The smallest absolute Gasteiger partial charge is 0.311 e. The molecule has 0 amide bonds. The summed E-state index contributed by atoms with van der Waals surface area (Å²) in [6, 6.07) is 5.45. The number of cyclic esters (lactones) is 1. The van der Waals surface area contributed by atoms with Gasteiger partial charge in [0.1, 0.15) is 23.6 Å². The zero-order valence-electron chi connectivity index (χ0n) is 31.4. The van der Waals surface area contributed by atoms with Crippen LogP contribution in [-0.4, -0.2) is 122 Å². The topological polar surface area (TPSA) is 174 Å². The minimum atomic E-state index is -1.94. The van der Waals surface area contributed by atoms with Crippen LogP contribution in [0.4, 0.5) is 4.39 Å². The average Bonchev–Trinajstić information content (AvgIpc) is 3.04. The van der Waals surface area contributed by atoms with Crippen molar-refractivity contribution in [3.05, 3.63) is 35.6 Å². The molecule has 0 bridgehead atoms. The van der Waals surface area contributed by atoms with E-state index in [-0.39, 0.29) is 25.0 Å². The molecule has 12 nitrogen and oxygen atoms in total. The van der Waals surface area contributed by atoms with Gasteiger partial charge in [-0.2, -0.15) is 10.2 Å². The standard InChI is InChI=1S/C37H60FN3O9/c1-12-28-37(9,47)32(44)21(4)29(40-39-24(7)25-13-15-26(38)16-14-25)19(2)18-36(8,46)33(22(5)30(42)23(6)34(45)49-28)50-35-31(43)27(41(10)11)17-20(3)48-35/h13-16,19-23,27-28,30-33,35,42-44,46-47H,12,17-18H2,1-11H3. The van der Waals surface area contributed by atoms with Gasteiger partial charge in [0.15, 0.2) is 6.29 Å². The van der Waals surface area contributed by atoms with Gasteiger partial charge in [-0.05, 0) is 91.6 Å². The first-order valence-corrected chi connectivity index (χ1v) is 17.7. The van der Waals surface area contributed by atoms with Crippen molar-refractivity contribution in [3.8, 4) is 0 Å². The summed E-state index contributed by atoms with van der Waals surface area (Å²) in [5.41, 5.74) is -2.27. The number of esters is 1. The van der Waals surface area contributed by atoms with Gasteiger partial charge in [-0.1, -0.05) is 39.8 Å². The number of benzene rings is 1. The molecule has 50 heavy (non-hydrogen) atoms. The maximum atomic E-state index is 13.6. The number of hydrogen-bond donors (Lipinski definition) is 5. The first-order chi connectivity index (χ1) is 23.1. The van der Waals surface area contributed by atoms with Gasteiger partial charge < -0.3 is 44.6 Å². The lowest BCUT2D eigenvalue weighted by molar-refractivity contribution is -0.298. The van der Waals surface area contributed by atoms with Crippen molar-refractivity contribution in [1.29, 1.82) is 0 Å². The number of aliphatic hydroxyl groups excluding tert-OH is 3. The number of ether oxygens (including phenoxy) is 3. The molecule has 0 aromatic heterocycles.